The monoisotopic (exact) mass is 450 g/mol. The van der Waals surface area contributed by atoms with Gasteiger partial charge in [0.15, 0.2) is 11.5 Å². The highest BCUT2D eigenvalue weighted by Crippen LogP contribution is 2.30. The highest BCUT2D eigenvalue weighted by atomic mass is 16.5. The predicted octanol–water partition coefficient (Wildman–Crippen LogP) is 3.16. The maximum absolute atomic E-state index is 12.0. The van der Waals surface area contributed by atoms with Gasteiger partial charge in [0.05, 0.1) is 19.8 Å². The number of hydrogen-bond donors (Lipinski definition) is 2. The molecule has 0 saturated carbocycles. The highest BCUT2D eigenvalue weighted by molar-refractivity contribution is 5.76. The summed E-state index contributed by atoms with van der Waals surface area (Å²) in [6, 6.07) is 5.75. The third kappa shape index (κ3) is 8.60. The number of methoxy groups -OCH3 is 2. The van der Waals surface area contributed by atoms with Crippen molar-refractivity contribution >= 4 is 5.91 Å². The number of benzene rings is 1. The van der Waals surface area contributed by atoms with E-state index in [1.165, 1.54) is 5.56 Å². The number of nitrogens with zero attached hydrogens (tertiary/aromatic N) is 1. The zero-order valence-electron chi connectivity index (χ0n) is 20.1. The van der Waals surface area contributed by atoms with Gasteiger partial charge < -0.3 is 30.0 Å². The number of ether oxygens (including phenoxy) is 3. The molecule has 1 aliphatic heterocycles. The van der Waals surface area contributed by atoms with E-state index < -0.39 is 6.10 Å². The van der Waals surface area contributed by atoms with E-state index in [1.807, 2.05) is 6.07 Å². The molecule has 1 amide bonds. The van der Waals surface area contributed by atoms with E-state index in [0.29, 0.717) is 32.1 Å². The van der Waals surface area contributed by atoms with E-state index in [9.17, 15) is 9.90 Å². The van der Waals surface area contributed by atoms with Crippen molar-refractivity contribution in [2.45, 2.75) is 70.4 Å². The van der Waals surface area contributed by atoms with Crippen molar-refractivity contribution in [2.24, 2.45) is 11.7 Å². The van der Waals surface area contributed by atoms with Crippen molar-refractivity contribution in [1.29, 1.82) is 0 Å². The average molecular weight is 451 g/mol. The van der Waals surface area contributed by atoms with Crippen LogP contribution in [0.1, 0.15) is 57.4 Å². The Labute approximate surface area is 193 Å². The van der Waals surface area contributed by atoms with E-state index in [1.54, 1.807) is 19.1 Å². The van der Waals surface area contributed by atoms with Crippen LogP contribution in [0.25, 0.3) is 0 Å². The molecule has 0 radical (unpaired) electrons. The van der Waals surface area contributed by atoms with Crippen molar-refractivity contribution in [3.8, 4) is 11.5 Å². The van der Waals surface area contributed by atoms with Gasteiger partial charge in [0.1, 0.15) is 0 Å². The van der Waals surface area contributed by atoms with Gasteiger partial charge in [-0.3, -0.25) is 4.79 Å². The molecule has 1 aromatic carbocycles. The molecule has 1 fully saturated rings. The van der Waals surface area contributed by atoms with Gasteiger partial charge >= 0.3 is 0 Å². The van der Waals surface area contributed by atoms with Gasteiger partial charge in [-0.05, 0) is 55.7 Å². The molecule has 0 spiro atoms. The summed E-state index contributed by atoms with van der Waals surface area (Å²) in [5.74, 6) is 2.03. The third-order valence-corrected chi connectivity index (χ3v) is 6.33. The lowest BCUT2D eigenvalue weighted by Crippen LogP contribution is -2.47. The standard InChI is InChI=1S/C25H42N2O5/c1-4-19(16-21(26)22(28)18-27-13-6-5-8-25(27)29)9-10-20-11-12-23(31-3)24(17-20)32-15-7-14-30-2/h11-12,17,19,21-22,28H,4-10,13-16,18,26H2,1-3H3. The number of β-amino-alcohol motifs (C(OH)–C–C–N with tert-alkyl or cyclic N) is 1. The van der Waals surface area contributed by atoms with Crippen LogP contribution in [0.4, 0.5) is 0 Å². The van der Waals surface area contributed by atoms with Crippen LogP contribution < -0.4 is 15.2 Å². The SMILES string of the molecule is CCC(CCc1ccc(OC)c(OCCCOC)c1)CC(N)C(O)CN1CCCCC1=O. The molecule has 7 heteroatoms. The molecule has 182 valence electrons. The molecule has 0 aliphatic carbocycles. The van der Waals surface area contributed by atoms with E-state index in [4.69, 9.17) is 19.9 Å². The van der Waals surface area contributed by atoms with Gasteiger partial charge in [-0.15, -0.1) is 0 Å². The maximum Gasteiger partial charge on any atom is 0.222 e. The number of hydrogen-bond acceptors (Lipinski definition) is 6. The second-order valence-corrected chi connectivity index (χ2v) is 8.76. The first-order valence-electron chi connectivity index (χ1n) is 12.0. The lowest BCUT2D eigenvalue weighted by molar-refractivity contribution is -0.135. The topological polar surface area (TPSA) is 94.2 Å². The summed E-state index contributed by atoms with van der Waals surface area (Å²) in [5, 5.41) is 10.6. The fourth-order valence-electron chi connectivity index (χ4n) is 4.19. The number of nitrogens with two attached hydrogens (primary N) is 1. The van der Waals surface area contributed by atoms with Gasteiger partial charge in [-0.2, -0.15) is 0 Å². The van der Waals surface area contributed by atoms with Gasteiger partial charge in [-0.1, -0.05) is 19.4 Å². The first kappa shape index (κ1) is 26.4. The molecular weight excluding hydrogens is 408 g/mol. The van der Waals surface area contributed by atoms with Crippen LogP contribution in [0.5, 0.6) is 11.5 Å². The van der Waals surface area contributed by atoms with Gasteiger partial charge in [0.25, 0.3) is 0 Å². The summed E-state index contributed by atoms with van der Waals surface area (Å²) in [7, 11) is 3.33. The number of aliphatic hydroxyl groups is 1. The number of carbonyl (C=O) groups excluding carboxylic acids is 1. The number of amides is 1. The Morgan fingerprint density at radius 2 is 2.00 bits per heavy atom. The minimum Gasteiger partial charge on any atom is -0.493 e. The van der Waals surface area contributed by atoms with Crippen molar-refractivity contribution in [3.05, 3.63) is 23.8 Å². The normalized spacial score (nSPS) is 17.2. The number of aliphatic hydroxyl groups excluding tert-OH is 1. The van der Waals surface area contributed by atoms with Crippen LogP contribution >= 0.6 is 0 Å². The predicted molar refractivity (Wildman–Crippen MR) is 126 cm³/mol. The summed E-state index contributed by atoms with van der Waals surface area (Å²) in [5.41, 5.74) is 7.53. The molecule has 1 saturated heterocycles. The minimum absolute atomic E-state index is 0.134. The lowest BCUT2D eigenvalue weighted by Gasteiger charge is -2.31. The highest BCUT2D eigenvalue weighted by Gasteiger charge is 2.25. The van der Waals surface area contributed by atoms with Crippen LogP contribution in [0.15, 0.2) is 18.2 Å². The fourth-order valence-corrected chi connectivity index (χ4v) is 4.19. The van der Waals surface area contributed by atoms with Crippen molar-refractivity contribution < 1.29 is 24.1 Å². The lowest BCUT2D eigenvalue weighted by atomic mass is 9.89. The van der Waals surface area contributed by atoms with E-state index in [0.717, 1.165) is 63.0 Å². The minimum atomic E-state index is -0.681. The average Bonchev–Trinajstić information content (AvgIpc) is 2.80. The summed E-state index contributed by atoms with van der Waals surface area (Å²) in [6.45, 7) is 4.48. The largest absolute Gasteiger partial charge is 0.493 e. The molecule has 1 aromatic rings. The van der Waals surface area contributed by atoms with Crippen molar-refractivity contribution in [1.82, 2.24) is 4.90 Å². The second kappa shape index (κ2) is 14.3. The van der Waals surface area contributed by atoms with Crippen LogP contribution in [-0.2, 0) is 16.0 Å². The smallest absolute Gasteiger partial charge is 0.222 e. The van der Waals surface area contributed by atoms with Crippen LogP contribution in [0, 0.1) is 5.92 Å². The van der Waals surface area contributed by atoms with Gasteiger partial charge in [-0.25, -0.2) is 0 Å². The number of rotatable bonds is 15. The maximum atomic E-state index is 12.0. The second-order valence-electron chi connectivity index (χ2n) is 8.76. The van der Waals surface area contributed by atoms with Crippen molar-refractivity contribution in [2.75, 3.05) is 40.5 Å². The summed E-state index contributed by atoms with van der Waals surface area (Å²) in [6.07, 6.45) is 6.31. The summed E-state index contributed by atoms with van der Waals surface area (Å²) in [4.78, 5) is 13.8. The first-order chi connectivity index (χ1) is 15.5. The summed E-state index contributed by atoms with van der Waals surface area (Å²) < 4.78 is 16.4. The number of aryl methyl sites for hydroxylation is 1. The Kier molecular flexibility index (Phi) is 11.8. The molecule has 2 rings (SSSR count). The molecule has 7 nitrogen and oxygen atoms in total. The number of piperidine rings is 1. The molecule has 3 N–H and O–H groups in total. The zero-order valence-corrected chi connectivity index (χ0v) is 20.1. The Morgan fingerprint density at radius 1 is 1.19 bits per heavy atom. The quantitative estimate of drug-likeness (QED) is 0.399. The molecule has 0 aromatic heterocycles. The molecule has 32 heavy (non-hydrogen) atoms. The van der Waals surface area contributed by atoms with Crippen LogP contribution in [0.3, 0.4) is 0 Å². The fraction of sp³-hybridized carbons (Fsp3) is 0.720. The first-order valence-corrected chi connectivity index (χ1v) is 12.0. The van der Waals surface area contributed by atoms with E-state index in [2.05, 4.69) is 19.1 Å². The molecule has 1 heterocycles. The van der Waals surface area contributed by atoms with Gasteiger partial charge in [0, 0.05) is 45.7 Å². The molecule has 0 bridgehead atoms. The number of carbonyl (C=O) groups is 1. The Balaban J connectivity index is 1.85. The molecule has 1 aliphatic rings. The third-order valence-electron chi connectivity index (χ3n) is 6.33. The zero-order chi connectivity index (χ0) is 23.3. The van der Waals surface area contributed by atoms with E-state index in [-0.39, 0.29) is 11.9 Å². The Morgan fingerprint density at radius 3 is 2.69 bits per heavy atom. The Hall–Kier alpha value is -1.83. The molecule has 3 atom stereocenters. The number of likely N-dealkylation sites (tertiary alicyclic amines) is 1. The van der Waals surface area contributed by atoms with Crippen LogP contribution in [0.2, 0.25) is 0 Å². The molecule has 3 unspecified atom stereocenters. The Bertz CT molecular complexity index is 684. The van der Waals surface area contributed by atoms with Gasteiger partial charge in [0.2, 0.25) is 5.91 Å². The van der Waals surface area contributed by atoms with Crippen molar-refractivity contribution in [3.63, 3.8) is 0 Å². The molecular formula is C25H42N2O5. The summed E-state index contributed by atoms with van der Waals surface area (Å²) >= 11 is 0. The van der Waals surface area contributed by atoms with Crippen LogP contribution in [-0.4, -0.2) is 68.6 Å². The van der Waals surface area contributed by atoms with E-state index >= 15 is 0 Å².